The monoisotopic (exact) mass is 334 g/mol. The Hall–Kier alpha value is -0.970. The average molecular weight is 335 g/mol. The minimum absolute atomic E-state index is 0. The van der Waals surface area contributed by atoms with Crippen LogP contribution in [0.25, 0.3) is 0 Å². The van der Waals surface area contributed by atoms with Gasteiger partial charge in [0.25, 0.3) is 0 Å². The molecule has 0 saturated heterocycles. The number of nitrogens with zero attached hydrogens (tertiary/aromatic N) is 1. The Labute approximate surface area is 138 Å². The molecule has 1 rings (SSSR count). The summed E-state index contributed by atoms with van der Waals surface area (Å²) in [5.41, 5.74) is 5.87. The number of hydrogen-bond acceptors (Lipinski definition) is 3. The van der Waals surface area contributed by atoms with Crippen molar-refractivity contribution >= 4 is 29.9 Å². The molecule has 4 nitrogen and oxygen atoms in total. The largest absolute Gasteiger partial charge is 0.492 e. The van der Waals surface area contributed by atoms with Crippen LogP contribution in [0.4, 0.5) is 0 Å². The molecular formula is C15H24Cl2N2O2. The van der Waals surface area contributed by atoms with Crippen molar-refractivity contribution in [1.82, 2.24) is 4.90 Å². The Balaban J connectivity index is 0.00000400. The van der Waals surface area contributed by atoms with Gasteiger partial charge in [0.15, 0.2) is 0 Å². The third-order valence-corrected chi connectivity index (χ3v) is 3.18. The standard InChI is InChI=1S/C15H23ClN2O2.ClH/c1-11(2)10-14(17)15(19)18(3)8-9-20-13-6-4-12(16)5-7-13;/h4-7,11,14H,8-10,17H2,1-3H3;1H/t14-;/m0./s1. The predicted molar refractivity (Wildman–Crippen MR) is 89.3 cm³/mol. The number of halogens is 2. The number of carbonyl (C=O) groups excluding carboxylic acids is 1. The number of hydrogen-bond donors (Lipinski definition) is 1. The van der Waals surface area contributed by atoms with Gasteiger partial charge >= 0.3 is 0 Å². The quantitative estimate of drug-likeness (QED) is 0.833. The Bertz CT molecular complexity index is 424. The Morgan fingerprint density at radius 2 is 1.90 bits per heavy atom. The number of nitrogens with two attached hydrogens (primary N) is 1. The summed E-state index contributed by atoms with van der Waals surface area (Å²) in [6, 6.07) is 6.70. The van der Waals surface area contributed by atoms with Gasteiger partial charge in [-0.15, -0.1) is 12.4 Å². The molecule has 0 unspecified atom stereocenters. The van der Waals surface area contributed by atoms with Gasteiger partial charge in [0.1, 0.15) is 12.4 Å². The third-order valence-electron chi connectivity index (χ3n) is 2.93. The van der Waals surface area contributed by atoms with Crippen LogP contribution < -0.4 is 10.5 Å². The number of amides is 1. The molecule has 0 aliphatic heterocycles. The predicted octanol–water partition coefficient (Wildman–Crippen LogP) is 2.97. The molecule has 0 saturated carbocycles. The zero-order valence-electron chi connectivity index (χ0n) is 12.7. The second kappa shape index (κ2) is 9.87. The normalized spacial score (nSPS) is 11.7. The van der Waals surface area contributed by atoms with Crippen LogP contribution in [0.2, 0.25) is 5.02 Å². The summed E-state index contributed by atoms with van der Waals surface area (Å²) in [7, 11) is 1.74. The van der Waals surface area contributed by atoms with Gasteiger partial charge in [-0.25, -0.2) is 0 Å². The van der Waals surface area contributed by atoms with Gasteiger partial charge in [-0.1, -0.05) is 25.4 Å². The lowest BCUT2D eigenvalue weighted by molar-refractivity contribution is -0.131. The molecule has 1 aromatic carbocycles. The lowest BCUT2D eigenvalue weighted by Crippen LogP contribution is -2.43. The van der Waals surface area contributed by atoms with Gasteiger partial charge in [0.05, 0.1) is 12.6 Å². The first-order chi connectivity index (χ1) is 9.40. The molecule has 0 heterocycles. The van der Waals surface area contributed by atoms with Crippen LogP contribution in [0.3, 0.4) is 0 Å². The Kier molecular flexibility index (Phi) is 9.42. The zero-order valence-corrected chi connectivity index (χ0v) is 14.3. The van der Waals surface area contributed by atoms with E-state index in [1.807, 2.05) is 0 Å². The fraction of sp³-hybridized carbons (Fsp3) is 0.533. The molecule has 1 amide bonds. The van der Waals surface area contributed by atoms with Crippen LogP contribution in [0.15, 0.2) is 24.3 Å². The first-order valence-electron chi connectivity index (χ1n) is 6.79. The van der Waals surface area contributed by atoms with Crippen molar-refractivity contribution in [3.63, 3.8) is 0 Å². The summed E-state index contributed by atoms with van der Waals surface area (Å²) < 4.78 is 5.55. The molecule has 0 bridgehead atoms. The van der Waals surface area contributed by atoms with E-state index in [4.69, 9.17) is 22.1 Å². The summed E-state index contributed by atoms with van der Waals surface area (Å²) in [6.45, 7) is 5.04. The second-order valence-electron chi connectivity index (χ2n) is 5.30. The SMILES string of the molecule is CC(C)C[C@H](N)C(=O)N(C)CCOc1ccc(Cl)cc1.Cl. The second-order valence-corrected chi connectivity index (χ2v) is 5.73. The molecule has 1 aromatic rings. The Morgan fingerprint density at radius 3 is 2.43 bits per heavy atom. The number of benzene rings is 1. The molecule has 0 fully saturated rings. The molecule has 0 aliphatic carbocycles. The Morgan fingerprint density at radius 1 is 1.33 bits per heavy atom. The van der Waals surface area contributed by atoms with Gasteiger partial charge in [-0.05, 0) is 36.6 Å². The number of carbonyl (C=O) groups is 1. The molecular weight excluding hydrogens is 311 g/mol. The van der Waals surface area contributed by atoms with Crippen LogP contribution in [-0.2, 0) is 4.79 Å². The lowest BCUT2D eigenvalue weighted by Gasteiger charge is -2.22. The van der Waals surface area contributed by atoms with Crippen molar-refractivity contribution in [3.05, 3.63) is 29.3 Å². The maximum absolute atomic E-state index is 12.0. The fourth-order valence-corrected chi connectivity index (χ4v) is 1.96. The van der Waals surface area contributed by atoms with Crippen LogP contribution >= 0.6 is 24.0 Å². The van der Waals surface area contributed by atoms with Crippen molar-refractivity contribution in [2.45, 2.75) is 26.3 Å². The summed E-state index contributed by atoms with van der Waals surface area (Å²) in [4.78, 5) is 13.6. The van der Waals surface area contributed by atoms with E-state index in [2.05, 4.69) is 13.8 Å². The van der Waals surface area contributed by atoms with E-state index in [-0.39, 0.29) is 18.3 Å². The molecule has 0 radical (unpaired) electrons. The van der Waals surface area contributed by atoms with Crippen LogP contribution in [0, 0.1) is 5.92 Å². The molecule has 120 valence electrons. The fourth-order valence-electron chi connectivity index (χ4n) is 1.83. The topological polar surface area (TPSA) is 55.6 Å². The van der Waals surface area contributed by atoms with Crippen molar-refractivity contribution in [3.8, 4) is 5.75 Å². The molecule has 6 heteroatoms. The van der Waals surface area contributed by atoms with Crippen molar-refractivity contribution in [2.75, 3.05) is 20.2 Å². The molecule has 0 aromatic heterocycles. The van der Waals surface area contributed by atoms with Crippen LogP contribution in [0.1, 0.15) is 20.3 Å². The molecule has 21 heavy (non-hydrogen) atoms. The van der Waals surface area contributed by atoms with E-state index in [0.29, 0.717) is 30.5 Å². The van der Waals surface area contributed by atoms with E-state index in [1.165, 1.54) is 0 Å². The molecule has 0 spiro atoms. The van der Waals surface area contributed by atoms with Gasteiger partial charge in [0.2, 0.25) is 5.91 Å². The van der Waals surface area contributed by atoms with E-state index >= 15 is 0 Å². The van der Waals surface area contributed by atoms with E-state index in [9.17, 15) is 4.79 Å². The maximum Gasteiger partial charge on any atom is 0.239 e. The smallest absolute Gasteiger partial charge is 0.239 e. The van der Waals surface area contributed by atoms with E-state index in [0.717, 1.165) is 5.75 Å². The van der Waals surface area contributed by atoms with Gasteiger partial charge in [-0.3, -0.25) is 4.79 Å². The summed E-state index contributed by atoms with van der Waals surface area (Å²) in [5, 5.41) is 0.671. The lowest BCUT2D eigenvalue weighted by atomic mass is 10.0. The first kappa shape index (κ1) is 20.0. The number of likely N-dealkylation sites (N-methyl/N-ethyl adjacent to an activating group) is 1. The summed E-state index contributed by atoms with van der Waals surface area (Å²) in [5.74, 6) is 1.10. The van der Waals surface area contributed by atoms with Crippen molar-refractivity contribution in [2.24, 2.45) is 11.7 Å². The zero-order chi connectivity index (χ0) is 15.1. The van der Waals surface area contributed by atoms with Crippen LogP contribution in [0.5, 0.6) is 5.75 Å². The highest BCUT2D eigenvalue weighted by molar-refractivity contribution is 6.30. The molecule has 2 N–H and O–H groups in total. The van der Waals surface area contributed by atoms with Gasteiger partial charge in [-0.2, -0.15) is 0 Å². The first-order valence-corrected chi connectivity index (χ1v) is 7.17. The van der Waals surface area contributed by atoms with Crippen LogP contribution in [-0.4, -0.2) is 37.0 Å². The minimum Gasteiger partial charge on any atom is -0.492 e. The van der Waals surface area contributed by atoms with Gasteiger partial charge < -0.3 is 15.4 Å². The highest BCUT2D eigenvalue weighted by atomic mass is 35.5. The summed E-state index contributed by atoms with van der Waals surface area (Å²) >= 11 is 5.79. The molecule has 0 aliphatic rings. The highest BCUT2D eigenvalue weighted by Crippen LogP contribution is 2.15. The van der Waals surface area contributed by atoms with Crippen molar-refractivity contribution < 1.29 is 9.53 Å². The average Bonchev–Trinajstić information content (AvgIpc) is 2.39. The van der Waals surface area contributed by atoms with Crippen molar-refractivity contribution in [1.29, 1.82) is 0 Å². The number of rotatable bonds is 7. The molecule has 1 atom stereocenters. The minimum atomic E-state index is -0.435. The maximum atomic E-state index is 12.0. The summed E-state index contributed by atoms with van der Waals surface area (Å²) in [6.07, 6.45) is 0.696. The van der Waals surface area contributed by atoms with E-state index in [1.54, 1.807) is 36.2 Å². The number of ether oxygens (including phenoxy) is 1. The highest BCUT2D eigenvalue weighted by Gasteiger charge is 2.18. The van der Waals surface area contributed by atoms with Gasteiger partial charge in [0, 0.05) is 12.1 Å². The third kappa shape index (κ3) is 7.55. The van der Waals surface area contributed by atoms with E-state index < -0.39 is 6.04 Å².